The standard InChI is InChI=1S/C16H16BrF3N4O2/c1-9(2)24-14(16(18,19)20)12(7-22-24)15(26)21-8-13(25)23-11-5-3-10(17)4-6-11/h3-7,9H,8H2,1-2H3,(H,21,26)(H,23,25). The minimum absolute atomic E-state index is 0.473. The van der Waals surface area contributed by atoms with Crippen molar-refractivity contribution in [1.82, 2.24) is 15.1 Å². The van der Waals surface area contributed by atoms with Crippen molar-refractivity contribution >= 4 is 33.4 Å². The largest absolute Gasteiger partial charge is 0.433 e. The Bertz CT molecular complexity index is 801. The fourth-order valence-corrected chi connectivity index (χ4v) is 2.46. The van der Waals surface area contributed by atoms with E-state index in [-0.39, 0.29) is 0 Å². The molecule has 0 unspecified atom stereocenters. The van der Waals surface area contributed by atoms with E-state index in [4.69, 9.17) is 0 Å². The molecule has 0 aliphatic carbocycles. The van der Waals surface area contributed by atoms with Gasteiger partial charge in [0, 0.05) is 16.2 Å². The molecular formula is C16H16BrF3N4O2. The van der Waals surface area contributed by atoms with E-state index in [1.54, 1.807) is 24.3 Å². The molecule has 0 aliphatic heterocycles. The van der Waals surface area contributed by atoms with Gasteiger partial charge in [-0.3, -0.25) is 14.3 Å². The second-order valence-electron chi connectivity index (χ2n) is 5.68. The maximum absolute atomic E-state index is 13.3. The molecule has 0 aliphatic rings. The van der Waals surface area contributed by atoms with Crippen molar-refractivity contribution in [2.75, 3.05) is 11.9 Å². The molecule has 0 atom stereocenters. The second-order valence-corrected chi connectivity index (χ2v) is 6.60. The van der Waals surface area contributed by atoms with Gasteiger partial charge in [-0.1, -0.05) is 15.9 Å². The van der Waals surface area contributed by atoms with Gasteiger partial charge in [-0.05, 0) is 38.1 Å². The molecule has 1 heterocycles. The third-order valence-electron chi connectivity index (χ3n) is 3.34. The van der Waals surface area contributed by atoms with Crippen LogP contribution in [0.15, 0.2) is 34.9 Å². The van der Waals surface area contributed by atoms with Crippen LogP contribution in [0.3, 0.4) is 0 Å². The predicted octanol–water partition coefficient (Wildman–Crippen LogP) is 3.61. The lowest BCUT2D eigenvalue weighted by atomic mass is 10.2. The molecule has 0 saturated carbocycles. The van der Waals surface area contributed by atoms with Crippen LogP contribution < -0.4 is 10.6 Å². The number of hydrogen-bond acceptors (Lipinski definition) is 3. The van der Waals surface area contributed by atoms with Gasteiger partial charge in [-0.25, -0.2) is 0 Å². The summed E-state index contributed by atoms with van der Waals surface area (Å²) in [5.41, 5.74) is -1.27. The Labute approximate surface area is 155 Å². The molecule has 26 heavy (non-hydrogen) atoms. The fourth-order valence-electron chi connectivity index (χ4n) is 2.20. The van der Waals surface area contributed by atoms with Crippen LogP contribution in [-0.2, 0) is 11.0 Å². The van der Waals surface area contributed by atoms with Crippen LogP contribution in [0.2, 0.25) is 0 Å². The highest BCUT2D eigenvalue weighted by atomic mass is 79.9. The molecule has 0 bridgehead atoms. The molecule has 140 valence electrons. The van der Waals surface area contributed by atoms with E-state index in [9.17, 15) is 22.8 Å². The summed E-state index contributed by atoms with van der Waals surface area (Å²) < 4.78 is 41.3. The normalized spacial score (nSPS) is 11.5. The number of rotatable bonds is 5. The number of aromatic nitrogens is 2. The molecule has 2 rings (SSSR count). The van der Waals surface area contributed by atoms with Crippen molar-refractivity contribution in [2.45, 2.75) is 26.1 Å². The smallest absolute Gasteiger partial charge is 0.343 e. The number of hydrogen-bond donors (Lipinski definition) is 2. The van der Waals surface area contributed by atoms with Crippen LogP contribution in [0, 0.1) is 0 Å². The Morgan fingerprint density at radius 1 is 1.23 bits per heavy atom. The summed E-state index contributed by atoms with van der Waals surface area (Å²) in [6.45, 7) is 2.57. The van der Waals surface area contributed by atoms with Crippen molar-refractivity contribution in [3.63, 3.8) is 0 Å². The van der Waals surface area contributed by atoms with Gasteiger partial charge in [0.15, 0.2) is 5.69 Å². The molecule has 2 aromatic rings. The predicted molar refractivity (Wildman–Crippen MR) is 92.7 cm³/mol. The SMILES string of the molecule is CC(C)n1ncc(C(=O)NCC(=O)Nc2ccc(Br)cc2)c1C(F)(F)F. The summed E-state index contributed by atoms with van der Waals surface area (Å²) in [7, 11) is 0. The summed E-state index contributed by atoms with van der Waals surface area (Å²) in [5, 5.41) is 8.35. The number of nitrogens with zero attached hydrogens (tertiary/aromatic N) is 2. The second kappa shape index (κ2) is 7.90. The Kier molecular flexibility index (Phi) is 6.06. The maximum Gasteiger partial charge on any atom is 0.433 e. The molecular weight excluding hydrogens is 417 g/mol. The monoisotopic (exact) mass is 432 g/mol. The first-order valence-corrected chi connectivity index (χ1v) is 8.37. The Balaban J connectivity index is 2.06. The average molecular weight is 433 g/mol. The summed E-state index contributed by atoms with van der Waals surface area (Å²) in [4.78, 5) is 23.9. The van der Waals surface area contributed by atoms with Gasteiger partial charge in [0.1, 0.15) is 0 Å². The number of amides is 2. The van der Waals surface area contributed by atoms with Crippen LogP contribution in [0.5, 0.6) is 0 Å². The van der Waals surface area contributed by atoms with E-state index in [2.05, 4.69) is 31.7 Å². The number of alkyl halides is 3. The van der Waals surface area contributed by atoms with Gasteiger partial charge in [0.05, 0.1) is 18.3 Å². The molecule has 6 nitrogen and oxygen atoms in total. The number of anilines is 1. The highest BCUT2D eigenvalue weighted by Crippen LogP contribution is 2.33. The topological polar surface area (TPSA) is 76.0 Å². The van der Waals surface area contributed by atoms with Gasteiger partial charge < -0.3 is 10.6 Å². The van der Waals surface area contributed by atoms with E-state index in [0.717, 1.165) is 15.4 Å². The Morgan fingerprint density at radius 3 is 2.38 bits per heavy atom. The van der Waals surface area contributed by atoms with E-state index in [1.165, 1.54) is 13.8 Å². The minimum atomic E-state index is -4.74. The average Bonchev–Trinajstić information content (AvgIpc) is 3.00. The number of halogens is 4. The lowest BCUT2D eigenvalue weighted by Crippen LogP contribution is -2.34. The summed E-state index contributed by atoms with van der Waals surface area (Å²) in [6, 6.07) is 6.12. The van der Waals surface area contributed by atoms with Crippen LogP contribution in [0.1, 0.15) is 35.9 Å². The van der Waals surface area contributed by atoms with Crippen LogP contribution in [-0.4, -0.2) is 28.1 Å². The zero-order chi connectivity index (χ0) is 19.5. The highest BCUT2D eigenvalue weighted by Gasteiger charge is 2.40. The maximum atomic E-state index is 13.3. The number of carbonyl (C=O) groups excluding carboxylic acids is 2. The first kappa shape index (κ1) is 20.0. The zero-order valence-electron chi connectivity index (χ0n) is 13.9. The number of nitrogens with one attached hydrogen (secondary N) is 2. The van der Waals surface area contributed by atoms with Gasteiger partial charge >= 0.3 is 6.18 Å². The summed E-state index contributed by atoms with van der Waals surface area (Å²) >= 11 is 3.25. The van der Waals surface area contributed by atoms with Crippen LogP contribution in [0.4, 0.5) is 18.9 Å². The van der Waals surface area contributed by atoms with Crippen LogP contribution >= 0.6 is 15.9 Å². The zero-order valence-corrected chi connectivity index (χ0v) is 15.5. The Hall–Kier alpha value is -2.36. The van der Waals surface area contributed by atoms with Crippen molar-refractivity contribution in [2.24, 2.45) is 0 Å². The van der Waals surface area contributed by atoms with Crippen molar-refractivity contribution < 1.29 is 22.8 Å². The highest BCUT2D eigenvalue weighted by molar-refractivity contribution is 9.10. The summed E-state index contributed by atoms with van der Waals surface area (Å²) in [5.74, 6) is -1.58. The van der Waals surface area contributed by atoms with Crippen molar-refractivity contribution in [3.05, 3.63) is 46.2 Å². The number of benzene rings is 1. The minimum Gasteiger partial charge on any atom is -0.343 e. The first-order chi connectivity index (χ1) is 12.1. The van der Waals surface area contributed by atoms with Gasteiger partial charge in [0.2, 0.25) is 5.91 Å². The molecule has 1 aromatic carbocycles. The van der Waals surface area contributed by atoms with Gasteiger partial charge in [0.25, 0.3) is 5.91 Å². The molecule has 1 aromatic heterocycles. The van der Waals surface area contributed by atoms with Gasteiger partial charge in [-0.2, -0.15) is 18.3 Å². The fraction of sp³-hybridized carbons (Fsp3) is 0.312. The van der Waals surface area contributed by atoms with Crippen LogP contribution in [0.25, 0.3) is 0 Å². The molecule has 0 spiro atoms. The quantitative estimate of drug-likeness (QED) is 0.757. The third-order valence-corrected chi connectivity index (χ3v) is 3.86. The molecule has 0 saturated heterocycles. The first-order valence-electron chi connectivity index (χ1n) is 7.58. The Morgan fingerprint density at radius 2 is 1.85 bits per heavy atom. The van der Waals surface area contributed by atoms with Crippen molar-refractivity contribution in [3.8, 4) is 0 Å². The molecule has 10 heteroatoms. The summed E-state index contributed by atoms with van der Waals surface area (Å²) in [6.07, 6.45) is -3.89. The third kappa shape index (κ3) is 4.84. The van der Waals surface area contributed by atoms with E-state index >= 15 is 0 Å². The number of carbonyl (C=O) groups is 2. The van der Waals surface area contributed by atoms with E-state index < -0.39 is 41.8 Å². The van der Waals surface area contributed by atoms with Crippen molar-refractivity contribution in [1.29, 1.82) is 0 Å². The lowest BCUT2D eigenvalue weighted by molar-refractivity contribution is -0.145. The van der Waals surface area contributed by atoms with E-state index in [1.807, 2.05) is 0 Å². The molecule has 0 fully saturated rings. The molecule has 2 N–H and O–H groups in total. The molecule has 2 amide bonds. The van der Waals surface area contributed by atoms with E-state index in [0.29, 0.717) is 5.69 Å². The lowest BCUT2D eigenvalue weighted by Gasteiger charge is -2.15. The molecule has 0 radical (unpaired) electrons. The van der Waals surface area contributed by atoms with Gasteiger partial charge in [-0.15, -0.1) is 0 Å².